The molecule has 0 aliphatic carbocycles. The molecule has 7 heteroatoms. The molecule has 2 aromatic rings. The number of sulfonamides is 1. The number of halogens is 1. The van der Waals surface area contributed by atoms with E-state index in [9.17, 15) is 13.2 Å². The van der Waals surface area contributed by atoms with E-state index in [0.717, 1.165) is 11.1 Å². The molecule has 136 valence electrons. The molecule has 0 saturated carbocycles. The van der Waals surface area contributed by atoms with Crippen LogP contribution in [0.25, 0.3) is 5.57 Å². The summed E-state index contributed by atoms with van der Waals surface area (Å²) in [6.07, 6.45) is 2.10. The van der Waals surface area contributed by atoms with Gasteiger partial charge in [0.05, 0.1) is 16.5 Å². The van der Waals surface area contributed by atoms with E-state index in [4.69, 9.17) is 11.6 Å². The Morgan fingerprint density at radius 1 is 1.19 bits per heavy atom. The highest BCUT2D eigenvalue weighted by Gasteiger charge is 2.29. The standard InChI is InChI=1S/C19H19ClN2O3S/c1-14(15-6-3-2-4-7-15)12-19(23)21-16-8-9-18(17(20)13-16)22-10-5-11-26(22,24)25/h2-4,6-9,12-13H,5,10-11H2,1H3,(H,21,23)/b14-12+. The first-order valence-electron chi connectivity index (χ1n) is 8.21. The van der Waals surface area contributed by atoms with E-state index in [0.29, 0.717) is 24.3 Å². The number of amides is 1. The molecule has 0 spiro atoms. The van der Waals surface area contributed by atoms with Crippen LogP contribution in [0.2, 0.25) is 5.02 Å². The molecule has 5 nitrogen and oxygen atoms in total. The predicted molar refractivity (Wildman–Crippen MR) is 106 cm³/mol. The molecule has 26 heavy (non-hydrogen) atoms. The van der Waals surface area contributed by atoms with Crippen LogP contribution in [-0.2, 0) is 14.8 Å². The van der Waals surface area contributed by atoms with Crippen LogP contribution in [0.3, 0.4) is 0 Å². The van der Waals surface area contributed by atoms with E-state index in [1.807, 2.05) is 37.3 Å². The van der Waals surface area contributed by atoms with Gasteiger partial charge in [0.15, 0.2) is 0 Å². The fraction of sp³-hybridized carbons (Fsp3) is 0.211. The van der Waals surface area contributed by atoms with Crippen LogP contribution in [-0.4, -0.2) is 26.6 Å². The Bertz CT molecular complexity index is 956. The average Bonchev–Trinajstić information content (AvgIpc) is 2.95. The third-order valence-electron chi connectivity index (χ3n) is 4.16. The zero-order valence-corrected chi connectivity index (χ0v) is 15.8. The predicted octanol–water partition coefficient (Wildman–Crippen LogP) is 3.92. The fourth-order valence-electron chi connectivity index (χ4n) is 2.86. The molecule has 1 aliphatic rings. The summed E-state index contributed by atoms with van der Waals surface area (Å²) < 4.78 is 25.4. The maximum absolute atomic E-state index is 12.2. The van der Waals surface area contributed by atoms with Crippen molar-refractivity contribution in [3.8, 4) is 0 Å². The van der Waals surface area contributed by atoms with E-state index >= 15 is 0 Å². The lowest BCUT2D eigenvalue weighted by molar-refractivity contribution is -0.111. The highest BCUT2D eigenvalue weighted by Crippen LogP contribution is 2.33. The molecule has 1 saturated heterocycles. The summed E-state index contributed by atoms with van der Waals surface area (Å²) in [5.41, 5.74) is 2.76. The first-order valence-corrected chi connectivity index (χ1v) is 10.2. The Balaban J connectivity index is 1.75. The van der Waals surface area contributed by atoms with Gasteiger partial charge in [-0.15, -0.1) is 0 Å². The van der Waals surface area contributed by atoms with Crippen molar-refractivity contribution in [2.75, 3.05) is 21.9 Å². The molecule has 2 aromatic carbocycles. The summed E-state index contributed by atoms with van der Waals surface area (Å²) in [6, 6.07) is 14.4. The van der Waals surface area contributed by atoms with Gasteiger partial charge in [-0.1, -0.05) is 41.9 Å². The second-order valence-corrected chi connectivity index (χ2v) is 8.51. The molecule has 0 atom stereocenters. The topological polar surface area (TPSA) is 66.5 Å². The van der Waals surface area contributed by atoms with Crippen molar-refractivity contribution < 1.29 is 13.2 Å². The van der Waals surface area contributed by atoms with Gasteiger partial charge in [-0.2, -0.15) is 0 Å². The average molecular weight is 391 g/mol. The molecule has 1 heterocycles. The quantitative estimate of drug-likeness (QED) is 0.804. The van der Waals surface area contributed by atoms with Crippen LogP contribution in [0.1, 0.15) is 18.9 Å². The van der Waals surface area contributed by atoms with Crippen molar-refractivity contribution in [3.05, 3.63) is 65.2 Å². The minimum atomic E-state index is -3.29. The third-order valence-corrected chi connectivity index (χ3v) is 6.32. The number of hydrogen-bond donors (Lipinski definition) is 1. The number of anilines is 2. The molecule has 1 fully saturated rings. The van der Waals surface area contributed by atoms with E-state index in [-0.39, 0.29) is 16.7 Å². The number of hydrogen-bond acceptors (Lipinski definition) is 3. The molecule has 0 unspecified atom stereocenters. The van der Waals surface area contributed by atoms with Crippen LogP contribution in [0.4, 0.5) is 11.4 Å². The molecule has 0 radical (unpaired) electrons. The maximum atomic E-state index is 12.2. The smallest absolute Gasteiger partial charge is 0.248 e. The zero-order chi connectivity index (χ0) is 18.7. The van der Waals surface area contributed by atoms with E-state index in [2.05, 4.69) is 5.32 Å². The minimum Gasteiger partial charge on any atom is -0.322 e. The summed E-state index contributed by atoms with van der Waals surface area (Å²) in [7, 11) is -3.29. The Labute approximate surface area is 158 Å². The number of nitrogens with zero attached hydrogens (tertiary/aromatic N) is 1. The molecule has 0 bridgehead atoms. The highest BCUT2D eigenvalue weighted by atomic mass is 35.5. The summed E-state index contributed by atoms with van der Waals surface area (Å²) in [6.45, 7) is 2.29. The van der Waals surface area contributed by atoms with Crippen molar-refractivity contribution >= 4 is 44.5 Å². The van der Waals surface area contributed by atoms with Crippen LogP contribution in [0.5, 0.6) is 0 Å². The molecule has 0 aromatic heterocycles. The summed E-state index contributed by atoms with van der Waals surface area (Å²) >= 11 is 6.25. The Morgan fingerprint density at radius 2 is 1.92 bits per heavy atom. The number of carbonyl (C=O) groups excluding carboxylic acids is 1. The lowest BCUT2D eigenvalue weighted by atomic mass is 10.1. The Morgan fingerprint density at radius 3 is 2.54 bits per heavy atom. The molecule has 1 N–H and O–H groups in total. The number of benzene rings is 2. The fourth-order valence-corrected chi connectivity index (χ4v) is 4.77. The lowest BCUT2D eigenvalue weighted by Gasteiger charge is -2.18. The lowest BCUT2D eigenvalue weighted by Crippen LogP contribution is -2.25. The first-order chi connectivity index (χ1) is 12.4. The monoisotopic (exact) mass is 390 g/mol. The number of rotatable bonds is 4. The molecule has 1 amide bonds. The second-order valence-electron chi connectivity index (χ2n) is 6.09. The van der Waals surface area contributed by atoms with Crippen molar-refractivity contribution in [1.29, 1.82) is 0 Å². The van der Waals surface area contributed by atoms with E-state index in [1.165, 1.54) is 10.4 Å². The SMILES string of the molecule is C/C(=C\C(=O)Nc1ccc(N2CCCS2(=O)=O)c(Cl)c1)c1ccccc1. The van der Waals surface area contributed by atoms with Crippen molar-refractivity contribution in [1.82, 2.24) is 0 Å². The van der Waals surface area contributed by atoms with Gasteiger partial charge < -0.3 is 5.32 Å². The second kappa shape index (κ2) is 7.51. The molecular weight excluding hydrogens is 372 g/mol. The Kier molecular flexibility index (Phi) is 5.34. The van der Waals surface area contributed by atoms with Crippen molar-refractivity contribution in [2.45, 2.75) is 13.3 Å². The van der Waals surface area contributed by atoms with Gasteiger partial charge in [0, 0.05) is 18.3 Å². The first kappa shape index (κ1) is 18.5. The summed E-state index contributed by atoms with van der Waals surface area (Å²) in [4.78, 5) is 12.2. The van der Waals surface area contributed by atoms with E-state index in [1.54, 1.807) is 18.2 Å². The molecule has 1 aliphatic heterocycles. The zero-order valence-electron chi connectivity index (χ0n) is 14.3. The van der Waals surface area contributed by atoms with Crippen LogP contribution < -0.4 is 9.62 Å². The van der Waals surface area contributed by atoms with Gasteiger partial charge >= 0.3 is 0 Å². The van der Waals surface area contributed by atoms with Crippen LogP contribution >= 0.6 is 11.6 Å². The molecular formula is C19H19ClN2O3S. The van der Waals surface area contributed by atoms with Gasteiger partial charge in [0.1, 0.15) is 0 Å². The maximum Gasteiger partial charge on any atom is 0.248 e. The van der Waals surface area contributed by atoms with Crippen LogP contribution in [0, 0.1) is 0 Å². The van der Waals surface area contributed by atoms with E-state index < -0.39 is 10.0 Å². The summed E-state index contributed by atoms with van der Waals surface area (Å²) in [5, 5.41) is 3.04. The number of nitrogens with one attached hydrogen (secondary N) is 1. The van der Waals surface area contributed by atoms with Gasteiger partial charge in [0.25, 0.3) is 0 Å². The minimum absolute atomic E-state index is 0.130. The Hall–Kier alpha value is -2.31. The normalized spacial score (nSPS) is 16.5. The largest absolute Gasteiger partial charge is 0.322 e. The third kappa shape index (κ3) is 4.08. The van der Waals surface area contributed by atoms with Crippen molar-refractivity contribution in [3.63, 3.8) is 0 Å². The molecule has 3 rings (SSSR count). The van der Waals surface area contributed by atoms with Crippen LogP contribution in [0.15, 0.2) is 54.6 Å². The highest BCUT2D eigenvalue weighted by molar-refractivity contribution is 7.93. The van der Waals surface area contributed by atoms with Gasteiger partial charge in [-0.25, -0.2) is 8.42 Å². The van der Waals surface area contributed by atoms with Gasteiger partial charge in [-0.3, -0.25) is 9.10 Å². The van der Waals surface area contributed by atoms with Gasteiger partial charge in [-0.05, 0) is 42.7 Å². The van der Waals surface area contributed by atoms with Crippen molar-refractivity contribution in [2.24, 2.45) is 0 Å². The number of allylic oxidation sites excluding steroid dienone is 1. The number of carbonyl (C=O) groups is 1. The summed E-state index contributed by atoms with van der Waals surface area (Å²) in [5.74, 6) is -0.144. The van der Waals surface area contributed by atoms with Gasteiger partial charge in [0.2, 0.25) is 15.9 Å².